The van der Waals surface area contributed by atoms with Crippen molar-refractivity contribution in [3.63, 3.8) is 0 Å². The molecule has 1 unspecified atom stereocenters. The van der Waals surface area contributed by atoms with Gasteiger partial charge in [0.05, 0.1) is 0 Å². The van der Waals surface area contributed by atoms with Crippen LogP contribution in [-0.4, -0.2) is 23.3 Å². The highest BCUT2D eigenvalue weighted by Crippen LogP contribution is 2.39. The first-order valence-electron chi connectivity index (χ1n) is 8.39. The highest BCUT2D eigenvalue weighted by Gasteiger charge is 2.20. The zero-order valence-electron chi connectivity index (χ0n) is 14.5. The molecule has 0 aliphatic heterocycles. The van der Waals surface area contributed by atoms with Crippen molar-refractivity contribution >= 4 is 5.69 Å². The van der Waals surface area contributed by atoms with Crippen molar-refractivity contribution in [3.8, 4) is 11.5 Å². The summed E-state index contributed by atoms with van der Waals surface area (Å²) in [6.45, 7) is 10.1. The van der Waals surface area contributed by atoms with E-state index in [2.05, 4.69) is 31.7 Å². The molecule has 0 saturated heterocycles. The Bertz CT molecular complexity index is 663. The van der Waals surface area contributed by atoms with Crippen LogP contribution >= 0.6 is 0 Å². The summed E-state index contributed by atoms with van der Waals surface area (Å²) in [6.07, 6.45) is 0.814. The fourth-order valence-corrected chi connectivity index (χ4v) is 3.17. The maximum Gasteiger partial charge on any atom is 0.121 e. The van der Waals surface area contributed by atoms with Gasteiger partial charge in [-0.25, -0.2) is 0 Å². The summed E-state index contributed by atoms with van der Waals surface area (Å²) in [6, 6.07) is 11.6. The third kappa shape index (κ3) is 3.61. The van der Waals surface area contributed by atoms with Gasteiger partial charge >= 0.3 is 0 Å². The number of phenols is 2. The zero-order valence-corrected chi connectivity index (χ0v) is 14.5. The van der Waals surface area contributed by atoms with Crippen LogP contribution in [0.3, 0.4) is 0 Å². The van der Waals surface area contributed by atoms with E-state index in [-0.39, 0.29) is 5.92 Å². The van der Waals surface area contributed by atoms with E-state index in [9.17, 15) is 10.2 Å². The minimum atomic E-state index is -0.0126. The van der Waals surface area contributed by atoms with Crippen molar-refractivity contribution < 1.29 is 10.2 Å². The first-order valence-corrected chi connectivity index (χ1v) is 8.39. The van der Waals surface area contributed by atoms with Crippen LogP contribution < -0.4 is 4.90 Å². The second kappa shape index (κ2) is 7.40. The summed E-state index contributed by atoms with van der Waals surface area (Å²) in [4.78, 5) is 2.20. The summed E-state index contributed by atoms with van der Waals surface area (Å²) in [5.74, 6) is 0.576. The minimum absolute atomic E-state index is 0.0126. The lowest BCUT2D eigenvalue weighted by molar-refractivity contribution is 0.452. The fraction of sp³-hybridized carbons (Fsp3) is 0.400. The molecule has 0 spiro atoms. The van der Waals surface area contributed by atoms with Gasteiger partial charge in [0.15, 0.2) is 0 Å². The number of phenolic OH excluding ortho intramolecular Hbond substituents is 2. The molecule has 1 atom stereocenters. The van der Waals surface area contributed by atoms with Gasteiger partial charge in [-0.1, -0.05) is 25.1 Å². The molecular weight excluding hydrogens is 286 g/mol. The zero-order chi connectivity index (χ0) is 17.0. The Kier molecular flexibility index (Phi) is 5.54. The predicted octanol–water partition coefficient (Wildman–Crippen LogP) is 4.79. The van der Waals surface area contributed by atoms with Crippen LogP contribution in [0.5, 0.6) is 11.5 Å². The van der Waals surface area contributed by atoms with Crippen molar-refractivity contribution in [2.45, 2.75) is 40.0 Å². The highest BCUT2D eigenvalue weighted by molar-refractivity contribution is 5.56. The molecule has 0 aromatic heterocycles. The molecule has 0 amide bonds. The lowest BCUT2D eigenvalue weighted by atomic mass is 9.87. The molecule has 0 aliphatic carbocycles. The molecule has 0 fully saturated rings. The lowest BCUT2D eigenvalue weighted by Gasteiger charge is -2.24. The third-order valence-electron chi connectivity index (χ3n) is 4.49. The smallest absolute Gasteiger partial charge is 0.121 e. The van der Waals surface area contributed by atoms with Crippen LogP contribution in [0.25, 0.3) is 0 Å². The Balaban J connectivity index is 2.42. The molecule has 23 heavy (non-hydrogen) atoms. The molecule has 0 saturated carbocycles. The van der Waals surface area contributed by atoms with Gasteiger partial charge in [-0.05, 0) is 44.9 Å². The number of anilines is 1. The van der Waals surface area contributed by atoms with Gasteiger partial charge in [0, 0.05) is 41.9 Å². The monoisotopic (exact) mass is 313 g/mol. The number of aromatic hydroxyl groups is 2. The van der Waals surface area contributed by atoms with Gasteiger partial charge in [0.25, 0.3) is 0 Å². The van der Waals surface area contributed by atoms with E-state index in [1.54, 1.807) is 6.07 Å². The van der Waals surface area contributed by atoms with Gasteiger partial charge in [-0.3, -0.25) is 0 Å². The SMILES string of the molecule is CCC(c1ccc(C)cc1O)c1ccc(N(CC)CC)cc1O. The number of nitrogens with zero attached hydrogens (tertiary/aromatic N) is 1. The summed E-state index contributed by atoms with van der Waals surface area (Å²) >= 11 is 0. The maximum absolute atomic E-state index is 10.5. The van der Waals surface area contributed by atoms with E-state index in [0.29, 0.717) is 11.5 Å². The summed E-state index contributed by atoms with van der Waals surface area (Å²) in [5.41, 5.74) is 3.79. The molecule has 2 N–H and O–H groups in total. The number of hydrogen-bond donors (Lipinski definition) is 2. The predicted molar refractivity (Wildman–Crippen MR) is 96.6 cm³/mol. The van der Waals surface area contributed by atoms with Gasteiger partial charge < -0.3 is 15.1 Å². The van der Waals surface area contributed by atoms with Gasteiger partial charge in [-0.2, -0.15) is 0 Å². The van der Waals surface area contributed by atoms with Gasteiger partial charge in [0.1, 0.15) is 11.5 Å². The Hall–Kier alpha value is -2.16. The standard InChI is InChI=1S/C20H27NO2/c1-5-16(17-10-8-14(4)12-19(17)22)18-11-9-15(13-20(18)23)21(6-2)7-3/h8-13,16,22-23H,5-7H2,1-4H3. The molecule has 124 valence electrons. The molecule has 3 nitrogen and oxygen atoms in total. The van der Waals surface area contributed by atoms with Crippen LogP contribution in [0.2, 0.25) is 0 Å². The van der Waals surface area contributed by atoms with Crippen LogP contribution in [0.1, 0.15) is 49.8 Å². The van der Waals surface area contributed by atoms with E-state index in [0.717, 1.165) is 41.9 Å². The number of hydrogen-bond acceptors (Lipinski definition) is 3. The van der Waals surface area contributed by atoms with E-state index in [1.165, 1.54) is 0 Å². The number of benzene rings is 2. The normalized spacial score (nSPS) is 12.2. The average Bonchev–Trinajstić information content (AvgIpc) is 2.52. The van der Waals surface area contributed by atoms with Crippen molar-refractivity contribution in [3.05, 3.63) is 53.1 Å². The van der Waals surface area contributed by atoms with Crippen molar-refractivity contribution in [1.82, 2.24) is 0 Å². The third-order valence-corrected chi connectivity index (χ3v) is 4.49. The Morgan fingerprint density at radius 2 is 1.43 bits per heavy atom. The Morgan fingerprint density at radius 3 is 1.91 bits per heavy atom. The second-order valence-corrected chi connectivity index (χ2v) is 5.94. The minimum Gasteiger partial charge on any atom is -0.508 e. The fourth-order valence-electron chi connectivity index (χ4n) is 3.17. The van der Waals surface area contributed by atoms with Crippen molar-refractivity contribution in [1.29, 1.82) is 0 Å². The van der Waals surface area contributed by atoms with Crippen LogP contribution in [0.15, 0.2) is 36.4 Å². The van der Waals surface area contributed by atoms with E-state index < -0.39 is 0 Å². The molecule has 0 heterocycles. The Labute approximate surface area is 139 Å². The molecular formula is C20H27NO2. The number of aryl methyl sites for hydroxylation is 1. The maximum atomic E-state index is 10.5. The number of rotatable bonds is 6. The van der Waals surface area contributed by atoms with E-state index >= 15 is 0 Å². The van der Waals surface area contributed by atoms with Crippen LogP contribution in [-0.2, 0) is 0 Å². The first kappa shape index (κ1) is 17.2. The highest BCUT2D eigenvalue weighted by atomic mass is 16.3. The molecule has 2 aromatic carbocycles. The lowest BCUT2D eigenvalue weighted by Crippen LogP contribution is -2.21. The molecule has 3 heteroatoms. The van der Waals surface area contributed by atoms with Crippen LogP contribution in [0.4, 0.5) is 5.69 Å². The summed E-state index contributed by atoms with van der Waals surface area (Å²) in [5, 5.41) is 20.8. The first-order chi connectivity index (χ1) is 11.0. The van der Waals surface area contributed by atoms with Crippen molar-refractivity contribution in [2.24, 2.45) is 0 Å². The molecule has 0 radical (unpaired) electrons. The van der Waals surface area contributed by atoms with Gasteiger partial charge in [0.2, 0.25) is 0 Å². The average molecular weight is 313 g/mol. The molecule has 2 rings (SSSR count). The molecule has 2 aromatic rings. The summed E-state index contributed by atoms with van der Waals surface area (Å²) < 4.78 is 0. The largest absolute Gasteiger partial charge is 0.508 e. The molecule has 0 bridgehead atoms. The summed E-state index contributed by atoms with van der Waals surface area (Å²) in [7, 11) is 0. The van der Waals surface area contributed by atoms with E-state index in [4.69, 9.17) is 0 Å². The van der Waals surface area contributed by atoms with Crippen LogP contribution in [0, 0.1) is 6.92 Å². The second-order valence-electron chi connectivity index (χ2n) is 5.94. The molecule has 0 aliphatic rings. The quantitative estimate of drug-likeness (QED) is 0.805. The van der Waals surface area contributed by atoms with E-state index in [1.807, 2.05) is 31.2 Å². The topological polar surface area (TPSA) is 43.7 Å². The van der Waals surface area contributed by atoms with Crippen molar-refractivity contribution in [2.75, 3.05) is 18.0 Å². The Morgan fingerprint density at radius 1 is 0.870 bits per heavy atom. The van der Waals surface area contributed by atoms with Gasteiger partial charge in [-0.15, -0.1) is 0 Å².